The number of carbonyl (C=O) groups excluding carboxylic acids is 4. The van der Waals surface area contributed by atoms with Crippen LogP contribution in [0.25, 0.3) is 0 Å². The number of anilines is 1. The van der Waals surface area contributed by atoms with Gasteiger partial charge in [0.1, 0.15) is 18.2 Å². The van der Waals surface area contributed by atoms with Gasteiger partial charge in [-0.25, -0.2) is 14.4 Å². The van der Waals surface area contributed by atoms with Crippen LogP contribution < -0.4 is 10.6 Å². The van der Waals surface area contributed by atoms with E-state index >= 15 is 0 Å². The Balaban J connectivity index is 1.38. The minimum absolute atomic E-state index is 0.246. The fraction of sp³-hybridized carbons (Fsp3) is 0.417. The SMILES string of the molecule is CC1=C[C@H](O/C=C2/C(=O)O[C@H]3c4cc(NC(=O)CNC(=O)OC(C)(C)C)ccc4C[C@@H]23)OC1=O. The molecule has 1 aliphatic carbocycles. The van der Waals surface area contributed by atoms with Crippen molar-refractivity contribution in [3.05, 3.63) is 52.8 Å². The number of alkyl carbamates (subject to hydrolysis) is 1. The fourth-order valence-electron chi connectivity index (χ4n) is 3.96. The summed E-state index contributed by atoms with van der Waals surface area (Å²) in [6.07, 6.45) is 1.35. The molecule has 1 aromatic rings. The van der Waals surface area contributed by atoms with Crippen LogP contribution in [0.5, 0.6) is 0 Å². The summed E-state index contributed by atoms with van der Waals surface area (Å²) in [6.45, 7) is 6.56. The number of rotatable bonds is 5. The highest BCUT2D eigenvalue weighted by Crippen LogP contribution is 2.48. The molecule has 1 saturated heterocycles. The van der Waals surface area contributed by atoms with Crippen molar-refractivity contribution in [3.8, 4) is 0 Å². The Kier molecular flexibility index (Phi) is 6.07. The maximum atomic E-state index is 12.4. The molecule has 4 rings (SSSR count). The number of cyclic esters (lactones) is 1. The van der Waals surface area contributed by atoms with Crippen molar-refractivity contribution in [2.24, 2.45) is 5.92 Å². The van der Waals surface area contributed by atoms with Crippen molar-refractivity contribution in [2.45, 2.75) is 52.1 Å². The van der Waals surface area contributed by atoms with E-state index in [4.69, 9.17) is 18.9 Å². The van der Waals surface area contributed by atoms with E-state index in [0.29, 0.717) is 23.3 Å². The third-order valence-electron chi connectivity index (χ3n) is 5.46. The number of hydrogen-bond donors (Lipinski definition) is 2. The van der Waals surface area contributed by atoms with Crippen LogP contribution in [-0.2, 0) is 39.8 Å². The second-order valence-corrected chi connectivity index (χ2v) is 9.29. The van der Waals surface area contributed by atoms with E-state index < -0.39 is 41.9 Å². The van der Waals surface area contributed by atoms with Crippen molar-refractivity contribution >= 4 is 29.6 Å². The van der Waals surface area contributed by atoms with Crippen LogP contribution in [-0.4, -0.2) is 42.4 Å². The second kappa shape index (κ2) is 8.85. The molecule has 0 unspecified atom stereocenters. The summed E-state index contributed by atoms with van der Waals surface area (Å²) in [5.41, 5.74) is 2.44. The standard InChI is InChI=1S/C24H26N2O8/c1-12-7-19(32-21(12)28)31-11-17-16-8-13-5-6-14(9-15(13)20(16)33-22(17)29)26-18(27)10-25-23(30)34-24(2,3)4/h5-7,9,11,16,19-20H,8,10H2,1-4H3,(H,25,30)(H,26,27)/b17-11+/t16-,19+,20-/m0/s1. The summed E-state index contributed by atoms with van der Waals surface area (Å²) in [5.74, 6) is -1.63. The minimum atomic E-state index is -0.869. The predicted molar refractivity (Wildman–Crippen MR) is 118 cm³/mol. The Labute approximate surface area is 196 Å². The molecule has 180 valence electrons. The molecular weight excluding hydrogens is 444 g/mol. The molecule has 0 bridgehead atoms. The van der Waals surface area contributed by atoms with E-state index in [0.717, 1.165) is 11.1 Å². The number of hydrogen-bond acceptors (Lipinski definition) is 8. The van der Waals surface area contributed by atoms with Crippen molar-refractivity contribution < 1.29 is 38.1 Å². The Morgan fingerprint density at radius 1 is 1.18 bits per heavy atom. The van der Waals surface area contributed by atoms with Crippen molar-refractivity contribution in [1.82, 2.24) is 5.32 Å². The first-order valence-corrected chi connectivity index (χ1v) is 10.9. The van der Waals surface area contributed by atoms with Gasteiger partial charge in [-0.15, -0.1) is 0 Å². The number of ether oxygens (including phenoxy) is 4. The molecule has 2 amide bonds. The summed E-state index contributed by atoms with van der Waals surface area (Å²) in [4.78, 5) is 47.9. The quantitative estimate of drug-likeness (QED) is 0.291. The molecule has 0 radical (unpaired) electrons. The van der Waals surface area contributed by atoms with Crippen LogP contribution in [0.4, 0.5) is 10.5 Å². The summed E-state index contributed by atoms with van der Waals surface area (Å²) < 4.78 is 21.2. The monoisotopic (exact) mass is 470 g/mol. The number of amides is 2. The highest BCUT2D eigenvalue weighted by Gasteiger charge is 2.46. The Bertz CT molecular complexity index is 1110. The lowest BCUT2D eigenvalue weighted by Gasteiger charge is -2.19. The van der Waals surface area contributed by atoms with Crippen LogP contribution in [0.2, 0.25) is 0 Å². The van der Waals surface area contributed by atoms with E-state index in [9.17, 15) is 19.2 Å². The first-order valence-electron chi connectivity index (χ1n) is 10.9. The zero-order valence-electron chi connectivity index (χ0n) is 19.3. The molecule has 3 aliphatic rings. The van der Waals surface area contributed by atoms with Crippen LogP contribution >= 0.6 is 0 Å². The highest BCUT2D eigenvalue weighted by atomic mass is 16.7. The zero-order valence-corrected chi connectivity index (χ0v) is 19.3. The average molecular weight is 470 g/mol. The summed E-state index contributed by atoms with van der Waals surface area (Å²) in [7, 11) is 0. The summed E-state index contributed by atoms with van der Waals surface area (Å²) in [6, 6.07) is 5.37. The predicted octanol–water partition coefficient (Wildman–Crippen LogP) is 2.65. The van der Waals surface area contributed by atoms with E-state index in [2.05, 4.69) is 10.6 Å². The smallest absolute Gasteiger partial charge is 0.408 e. The Morgan fingerprint density at radius 3 is 2.62 bits per heavy atom. The van der Waals surface area contributed by atoms with Gasteiger partial charge in [0.2, 0.25) is 5.91 Å². The largest absolute Gasteiger partial charge is 0.458 e. The highest BCUT2D eigenvalue weighted by molar-refractivity contribution is 5.95. The first kappa shape index (κ1) is 23.3. The summed E-state index contributed by atoms with van der Waals surface area (Å²) >= 11 is 0. The zero-order chi connectivity index (χ0) is 24.6. The molecule has 2 heterocycles. The van der Waals surface area contributed by atoms with Crippen LogP contribution in [0.3, 0.4) is 0 Å². The fourth-order valence-corrected chi connectivity index (χ4v) is 3.96. The first-order chi connectivity index (χ1) is 16.0. The van der Waals surface area contributed by atoms with Gasteiger partial charge in [0.15, 0.2) is 0 Å². The molecule has 0 spiro atoms. The molecule has 2 aliphatic heterocycles. The molecule has 1 aromatic carbocycles. The van der Waals surface area contributed by atoms with Gasteiger partial charge in [0, 0.05) is 23.3 Å². The number of fused-ring (bicyclic) bond motifs is 3. The Morgan fingerprint density at radius 2 is 1.94 bits per heavy atom. The van der Waals surface area contributed by atoms with Crippen molar-refractivity contribution in [2.75, 3.05) is 11.9 Å². The van der Waals surface area contributed by atoms with Gasteiger partial charge in [0.05, 0.1) is 11.8 Å². The van der Waals surface area contributed by atoms with E-state index in [1.165, 1.54) is 12.3 Å². The number of carbonyl (C=O) groups is 4. The number of nitrogens with one attached hydrogen (secondary N) is 2. The molecule has 2 N–H and O–H groups in total. The van der Waals surface area contributed by atoms with Crippen LogP contribution in [0, 0.1) is 5.92 Å². The molecule has 34 heavy (non-hydrogen) atoms. The van der Waals surface area contributed by atoms with Gasteiger partial charge in [-0.05, 0) is 57.4 Å². The number of esters is 2. The van der Waals surface area contributed by atoms with Gasteiger partial charge >= 0.3 is 18.0 Å². The third kappa shape index (κ3) is 5.05. The topological polar surface area (TPSA) is 129 Å². The maximum Gasteiger partial charge on any atom is 0.408 e. The molecule has 0 saturated carbocycles. The van der Waals surface area contributed by atoms with E-state index in [-0.39, 0.29) is 12.5 Å². The molecule has 10 nitrogen and oxygen atoms in total. The molecule has 0 aromatic heterocycles. The molecule has 1 fully saturated rings. The van der Waals surface area contributed by atoms with Gasteiger partial charge in [-0.2, -0.15) is 0 Å². The van der Waals surface area contributed by atoms with Crippen molar-refractivity contribution in [3.63, 3.8) is 0 Å². The van der Waals surface area contributed by atoms with Crippen LogP contribution in [0.1, 0.15) is 44.9 Å². The number of benzene rings is 1. The second-order valence-electron chi connectivity index (χ2n) is 9.29. The lowest BCUT2D eigenvalue weighted by Crippen LogP contribution is -2.37. The third-order valence-corrected chi connectivity index (χ3v) is 5.46. The minimum Gasteiger partial charge on any atom is -0.458 e. The Hall–Kier alpha value is -3.82. The molecular formula is C24H26N2O8. The van der Waals surface area contributed by atoms with Gasteiger partial charge < -0.3 is 29.6 Å². The summed E-state index contributed by atoms with van der Waals surface area (Å²) in [5, 5.41) is 5.12. The van der Waals surface area contributed by atoms with E-state index in [1.54, 1.807) is 39.8 Å². The van der Waals surface area contributed by atoms with Gasteiger partial charge in [-0.1, -0.05) is 6.07 Å². The van der Waals surface area contributed by atoms with Crippen LogP contribution in [0.15, 0.2) is 41.7 Å². The lowest BCUT2D eigenvalue weighted by atomic mass is 9.98. The maximum absolute atomic E-state index is 12.4. The van der Waals surface area contributed by atoms with Gasteiger partial charge in [0.25, 0.3) is 6.29 Å². The van der Waals surface area contributed by atoms with Crippen molar-refractivity contribution in [1.29, 1.82) is 0 Å². The van der Waals surface area contributed by atoms with E-state index in [1.807, 2.05) is 6.07 Å². The normalized spacial score (nSPS) is 24.1. The average Bonchev–Trinajstić information content (AvgIpc) is 3.35. The lowest BCUT2D eigenvalue weighted by molar-refractivity contribution is -0.152. The molecule has 3 atom stereocenters. The molecule has 10 heteroatoms. The van der Waals surface area contributed by atoms with Gasteiger partial charge in [-0.3, -0.25) is 4.79 Å².